The van der Waals surface area contributed by atoms with E-state index in [4.69, 9.17) is 10.5 Å². The molecule has 2 rings (SSSR count). The van der Waals surface area contributed by atoms with E-state index in [0.29, 0.717) is 17.7 Å². The van der Waals surface area contributed by atoms with Gasteiger partial charge >= 0.3 is 0 Å². The number of nitrogens with zero attached hydrogens (tertiary/aromatic N) is 1. The fraction of sp³-hybridized carbons (Fsp3) is 0.250. The van der Waals surface area contributed by atoms with Crippen LogP contribution in [0.3, 0.4) is 0 Å². The lowest BCUT2D eigenvalue weighted by Gasteiger charge is -2.16. The number of carbonyl (C=O) groups excluding carboxylic acids is 1. The first-order valence-corrected chi connectivity index (χ1v) is 6.74. The molecule has 1 unspecified atom stereocenters. The lowest BCUT2D eigenvalue weighted by molar-refractivity contribution is 0.0999. The van der Waals surface area contributed by atoms with Gasteiger partial charge in [-0.1, -0.05) is 0 Å². The highest BCUT2D eigenvalue weighted by Gasteiger charge is 2.12. The third-order valence-electron chi connectivity index (χ3n) is 3.16. The third kappa shape index (κ3) is 3.95. The topological polar surface area (TPSA) is 77.2 Å². The summed E-state index contributed by atoms with van der Waals surface area (Å²) in [6.07, 6.45) is 2.28. The van der Waals surface area contributed by atoms with Crippen LogP contribution in [0.5, 0.6) is 5.75 Å². The Morgan fingerprint density at radius 1 is 1.33 bits per heavy atom. The molecule has 0 aliphatic rings. The maximum absolute atomic E-state index is 11.4. The number of carbonyl (C=O) groups is 1. The number of pyridine rings is 1. The van der Waals surface area contributed by atoms with E-state index in [1.54, 1.807) is 25.4 Å². The molecule has 1 amide bonds. The van der Waals surface area contributed by atoms with E-state index in [9.17, 15) is 4.79 Å². The van der Waals surface area contributed by atoms with Crippen molar-refractivity contribution in [1.82, 2.24) is 4.98 Å². The van der Waals surface area contributed by atoms with Crippen LogP contribution in [0.4, 0.5) is 5.69 Å². The van der Waals surface area contributed by atoms with Crippen LogP contribution in [0.2, 0.25) is 0 Å². The van der Waals surface area contributed by atoms with Crippen molar-refractivity contribution < 1.29 is 9.53 Å². The summed E-state index contributed by atoms with van der Waals surface area (Å²) in [4.78, 5) is 15.6. The second-order valence-electron chi connectivity index (χ2n) is 4.84. The van der Waals surface area contributed by atoms with Gasteiger partial charge in [0.2, 0.25) is 0 Å². The smallest absolute Gasteiger partial charge is 0.250 e. The lowest BCUT2D eigenvalue weighted by atomic mass is 10.1. The van der Waals surface area contributed by atoms with Gasteiger partial charge in [-0.3, -0.25) is 9.78 Å². The molecule has 5 heteroatoms. The maximum atomic E-state index is 11.4. The summed E-state index contributed by atoms with van der Waals surface area (Å²) in [5.41, 5.74) is 7.53. The molecule has 0 spiro atoms. The van der Waals surface area contributed by atoms with E-state index in [2.05, 4.69) is 10.3 Å². The number of benzene rings is 1. The van der Waals surface area contributed by atoms with E-state index in [1.165, 1.54) is 0 Å². The summed E-state index contributed by atoms with van der Waals surface area (Å²) in [5, 5.41) is 3.36. The summed E-state index contributed by atoms with van der Waals surface area (Å²) in [6, 6.07) is 11.2. The Morgan fingerprint density at radius 3 is 2.67 bits per heavy atom. The zero-order valence-electron chi connectivity index (χ0n) is 12.2. The Balaban J connectivity index is 2.04. The van der Waals surface area contributed by atoms with Crippen LogP contribution in [0.25, 0.3) is 0 Å². The second kappa shape index (κ2) is 6.74. The Bertz CT molecular complexity index is 611. The predicted octanol–water partition coefficient (Wildman–Crippen LogP) is 2.23. The summed E-state index contributed by atoms with van der Waals surface area (Å²) in [7, 11) is 1.64. The maximum Gasteiger partial charge on any atom is 0.250 e. The molecule has 0 fully saturated rings. The molecule has 0 radical (unpaired) electrons. The van der Waals surface area contributed by atoms with Crippen LogP contribution in [-0.2, 0) is 6.42 Å². The van der Waals surface area contributed by atoms with Crippen molar-refractivity contribution >= 4 is 11.6 Å². The molecular formula is C16H19N3O2. The van der Waals surface area contributed by atoms with E-state index in [-0.39, 0.29) is 6.04 Å². The number of hydrogen-bond acceptors (Lipinski definition) is 4. The van der Waals surface area contributed by atoms with E-state index in [0.717, 1.165) is 11.4 Å². The highest BCUT2D eigenvalue weighted by atomic mass is 16.5. The van der Waals surface area contributed by atoms with Crippen molar-refractivity contribution in [3.8, 4) is 5.75 Å². The molecule has 1 heterocycles. The molecule has 0 saturated carbocycles. The highest BCUT2D eigenvalue weighted by Crippen LogP contribution is 2.17. The highest BCUT2D eigenvalue weighted by molar-refractivity contribution is 5.93. The quantitative estimate of drug-likeness (QED) is 0.853. The number of amides is 1. The van der Waals surface area contributed by atoms with Crippen molar-refractivity contribution in [1.29, 1.82) is 0 Å². The lowest BCUT2D eigenvalue weighted by Crippen LogP contribution is -2.22. The first-order chi connectivity index (χ1) is 10.1. The van der Waals surface area contributed by atoms with E-state index >= 15 is 0 Å². The van der Waals surface area contributed by atoms with Crippen molar-refractivity contribution in [2.75, 3.05) is 12.4 Å². The number of hydrogen-bond donors (Lipinski definition) is 2. The summed E-state index contributed by atoms with van der Waals surface area (Å²) >= 11 is 0. The van der Waals surface area contributed by atoms with Crippen LogP contribution in [0.15, 0.2) is 42.6 Å². The second-order valence-corrected chi connectivity index (χ2v) is 4.84. The Hall–Kier alpha value is -2.56. The van der Waals surface area contributed by atoms with E-state index in [1.807, 2.05) is 31.2 Å². The van der Waals surface area contributed by atoms with Gasteiger partial charge in [0.05, 0.1) is 18.4 Å². The molecule has 21 heavy (non-hydrogen) atoms. The number of aromatic nitrogens is 1. The molecule has 0 bridgehead atoms. The van der Waals surface area contributed by atoms with Crippen LogP contribution >= 0.6 is 0 Å². The van der Waals surface area contributed by atoms with Gasteiger partial charge in [-0.25, -0.2) is 0 Å². The van der Waals surface area contributed by atoms with Gasteiger partial charge in [0.1, 0.15) is 5.75 Å². The summed E-state index contributed by atoms with van der Waals surface area (Å²) in [5.74, 6) is 0.365. The molecular weight excluding hydrogens is 266 g/mol. The zero-order valence-corrected chi connectivity index (χ0v) is 12.2. The Morgan fingerprint density at radius 2 is 2.05 bits per heavy atom. The monoisotopic (exact) mass is 285 g/mol. The van der Waals surface area contributed by atoms with Crippen LogP contribution in [0, 0.1) is 0 Å². The molecule has 1 aromatic heterocycles. The van der Waals surface area contributed by atoms with E-state index < -0.39 is 5.91 Å². The molecule has 5 nitrogen and oxygen atoms in total. The molecule has 3 N–H and O–H groups in total. The average Bonchev–Trinajstić information content (AvgIpc) is 2.48. The minimum atomic E-state index is -0.449. The number of primary amides is 1. The molecule has 1 atom stereocenters. The number of ether oxygens (including phenoxy) is 1. The number of rotatable bonds is 6. The fourth-order valence-electron chi connectivity index (χ4n) is 2.14. The first kappa shape index (κ1) is 14.8. The summed E-state index contributed by atoms with van der Waals surface area (Å²) in [6.45, 7) is 2.03. The van der Waals surface area contributed by atoms with Gasteiger partial charge in [-0.2, -0.15) is 0 Å². The van der Waals surface area contributed by atoms with Crippen molar-refractivity contribution in [2.24, 2.45) is 5.73 Å². The Kier molecular flexibility index (Phi) is 4.77. The zero-order chi connectivity index (χ0) is 15.2. The van der Waals surface area contributed by atoms with Gasteiger partial charge in [-0.15, -0.1) is 0 Å². The minimum absolute atomic E-state index is 0.117. The number of anilines is 1. The van der Waals surface area contributed by atoms with Crippen molar-refractivity contribution in [2.45, 2.75) is 19.4 Å². The van der Waals surface area contributed by atoms with Crippen LogP contribution < -0.4 is 15.8 Å². The van der Waals surface area contributed by atoms with Crippen molar-refractivity contribution in [3.05, 3.63) is 53.9 Å². The van der Waals surface area contributed by atoms with Gasteiger partial charge in [-0.05, 0) is 43.3 Å². The molecule has 1 aromatic carbocycles. The average molecular weight is 285 g/mol. The molecule has 0 aliphatic heterocycles. The number of nitrogens with two attached hydrogens (primary N) is 1. The number of nitrogens with one attached hydrogen (secondary N) is 1. The Labute approximate surface area is 124 Å². The molecule has 0 aliphatic carbocycles. The van der Waals surface area contributed by atoms with Crippen LogP contribution in [0.1, 0.15) is 23.0 Å². The van der Waals surface area contributed by atoms with Gasteiger partial charge < -0.3 is 15.8 Å². The minimum Gasteiger partial charge on any atom is -0.497 e. The summed E-state index contributed by atoms with van der Waals surface area (Å²) < 4.78 is 5.12. The van der Waals surface area contributed by atoms with Gasteiger partial charge in [0.15, 0.2) is 0 Å². The van der Waals surface area contributed by atoms with Crippen LogP contribution in [-0.4, -0.2) is 24.0 Å². The predicted molar refractivity (Wildman–Crippen MR) is 82.5 cm³/mol. The normalized spacial score (nSPS) is 11.7. The van der Waals surface area contributed by atoms with Crippen molar-refractivity contribution in [3.63, 3.8) is 0 Å². The molecule has 110 valence electrons. The largest absolute Gasteiger partial charge is 0.497 e. The van der Waals surface area contributed by atoms with Gasteiger partial charge in [0.25, 0.3) is 5.91 Å². The molecule has 0 saturated heterocycles. The number of methoxy groups -OCH3 is 1. The third-order valence-corrected chi connectivity index (χ3v) is 3.16. The first-order valence-electron chi connectivity index (χ1n) is 6.74. The fourth-order valence-corrected chi connectivity index (χ4v) is 2.14. The molecule has 2 aromatic rings. The van der Waals surface area contributed by atoms with Gasteiger partial charge in [0, 0.05) is 24.3 Å². The SMILES string of the molecule is COc1ccc(NC(C)Cc2ncccc2C(N)=O)cc1. The standard InChI is InChI=1S/C16H19N3O2/c1-11(19-12-5-7-13(21-2)8-6-12)10-15-14(16(17)20)4-3-9-18-15/h3-9,11,19H,10H2,1-2H3,(H2,17,20).